The monoisotopic (exact) mass is 1190 g/mol. The van der Waals surface area contributed by atoms with E-state index < -0.39 is 5.97 Å². The van der Waals surface area contributed by atoms with Crippen molar-refractivity contribution in [1.82, 2.24) is 15.0 Å². The van der Waals surface area contributed by atoms with E-state index in [-0.39, 0.29) is 85.1 Å². The smallest absolute Gasteiger partial charge is 0.870 e. The number of aliphatic hydroxyl groups excluding tert-OH is 1. The number of aromatic hydroxyl groups is 1. The number of nitrogens with zero attached hydrogens (tertiary/aromatic N) is 3. The number of carbonyl (C=O) groups is 3. The van der Waals surface area contributed by atoms with Crippen LogP contribution in [-0.4, -0.2) is 72.3 Å². The standard InChI is InChI=1S/C20H18ClNO3S.C18H14ClNO3S.C12H11ClO3S.C8H9NO.Li.2H2O/c1-2-24-19(23)8-12-11-26-18-10-13(9-15(21)20(12)18)25-17-6-5-16-14(17)4-3-7-22-16;19-13-7-11(8-16-18(13)10(9-24-16)6-17(21)22)23-15-4-3-14-12(15)2-1-5-20-14;1-2-16-11(15)3-7-6-17-10-5-8(14)4-9(13)12(7)10;10-8-4-3-7-6(8)2-1-5-9-7;;;/h3-4,7,9-11,17H,2,5-6,8H2,1H3;1-2,5,7-9,15H,3-4,6H2,(H,21,22);4-6,14H,2-3H2,1H3;1-2,5,8,10H,3-4H2;;2*1H2/q;;;;+1;;/p-1/t17-;15-;;8-;;;/m00.1.../s1. The van der Waals surface area contributed by atoms with E-state index in [1.807, 2.05) is 64.8 Å². The number of aromatic nitrogens is 3. The van der Waals surface area contributed by atoms with Crippen molar-refractivity contribution in [2.24, 2.45) is 0 Å². The van der Waals surface area contributed by atoms with Crippen LogP contribution in [0.2, 0.25) is 15.1 Å². The number of hydrogen-bond donors (Lipinski definition) is 3. The summed E-state index contributed by atoms with van der Waals surface area (Å²) in [6, 6.07) is 22.5. The van der Waals surface area contributed by atoms with Gasteiger partial charge in [-0.15, -0.1) is 34.0 Å². The molecule has 9 aromatic rings. The van der Waals surface area contributed by atoms with Crippen molar-refractivity contribution >= 4 is 117 Å². The van der Waals surface area contributed by atoms with Crippen LogP contribution in [0.5, 0.6) is 17.2 Å². The maximum Gasteiger partial charge on any atom is 1.00 e. The summed E-state index contributed by atoms with van der Waals surface area (Å²) < 4.78 is 25.1. The van der Waals surface area contributed by atoms with Gasteiger partial charge in [0.15, 0.2) is 0 Å². The van der Waals surface area contributed by atoms with Crippen molar-refractivity contribution in [2.45, 2.75) is 89.9 Å². The van der Waals surface area contributed by atoms with Crippen LogP contribution in [0, 0.1) is 0 Å². The predicted molar refractivity (Wildman–Crippen MR) is 309 cm³/mol. The Kier molecular flexibility index (Phi) is 23.1. The van der Waals surface area contributed by atoms with E-state index in [1.165, 1.54) is 28.7 Å². The minimum absolute atomic E-state index is 0. The largest absolute Gasteiger partial charge is 1.00 e. The SMILES string of the molecule is CCOC(=O)Cc1csc2cc(O)cc(Cl)c12.CCOC(=O)Cc1csc2cc(O[C@H]3CCc4ncccc43)cc(Cl)c12.O.O=C(O)Cc1csc2cc(O[C@H]3CCc4ncccc43)cc(Cl)c12.O[C@@H]1CCc2ncccc21.[Li+].[OH-]. The zero-order valence-electron chi connectivity index (χ0n) is 43.7. The molecule has 0 bridgehead atoms. The number of rotatable bonds is 12. The summed E-state index contributed by atoms with van der Waals surface area (Å²) in [5.41, 5.74) is 9.05. The Hall–Kier alpha value is -5.85. The van der Waals surface area contributed by atoms with Gasteiger partial charge in [-0.25, -0.2) is 0 Å². The van der Waals surface area contributed by atoms with Crippen molar-refractivity contribution in [3.05, 3.63) is 173 Å². The molecule has 0 amide bonds. The fourth-order valence-electron chi connectivity index (χ4n) is 9.62. The zero-order chi connectivity index (χ0) is 54.2. The maximum atomic E-state index is 11.8. The number of aliphatic carboxylic acids is 1. The molecule has 80 heavy (non-hydrogen) atoms. The molecule has 414 valence electrons. The number of thiophene rings is 3. The zero-order valence-corrected chi connectivity index (χ0v) is 48.5. The number of benzene rings is 3. The normalized spacial score (nSPS) is 15.2. The molecular weight excluding hydrogens is 1140 g/mol. The number of aliphatic hydroxyl groups is 1. The van der Waals surface area contributed by atoms with Crippen molar-refractivity contribution in [3.8, 4) is 17.2 Å². The van der Waals surface area contributed by atoms with Gasteiger partial charge in [-0.3, -0.25) is 29.3 Å². The number of ether oxygens (including phenoxy) is 4. The van der Waals surface area contributed by atoms with Crippen LogP contribution >= 0.6 is 68.8 Å². The molecule has 22 heteroatoms. The first-order valence-electron chi connectivity index (χ1n) is 24.9. The molecular formula is C58H55Cl3LiN3O12S3. The Labute approximate surface area is 500 Å². The van der Waals surface area contributed by atoms with E-state index >= 15 is 0 Å². The minimum atomic E-state index is -0.860. The first kappa shape index (κ1) is 63.3. The van der Waals surface area contributed by atoms with E-state index in [4.69, 9.17) is 58.9 Å². The van der Waals surface area contributed by atoms with Gasteiger partial charge in [0.25, 0.3) is 0 Å². The van der Waals surface area contributed by atoms with Crippen LogP contribution in [0.15, 0.2) is 108 Å². The molecule has 15 nitrogen and oxygen atoms in total. The first-order chi connectivity index (χ1) is 37.3. The van der Waals surface area contributed by atoms with Gasteiger partial charge in [0.05, 0.1) is 53.6 Å². The average molecular weight is 1200 g/mol. The van der Waals surface area contributed by atoms with Crippen molar-refractivity contribution < 1.29 is 78.5 Å². The summed E-state index contributed by atoms with van der Waals surface area (Å²) in [5, 5.41) is 37.6. The Morgan fingerprint density at radius 2 is 0.975 bits per heavy atom. The number of esters is 2. The Balaban J connectivity index is 0.000000178. The Bertz CT molecular complexity index is 3620. The van der Waals surface area contributed by atoms with Gasteiger partial charge in [0.1, 0.15) is 29.5 Å². The van der Waals surface area contributed by atoms with Crippen LogP contribution in [0.25, 0.3) is 30.3 Å². The quantitative estimate of drug-likeness (QED) is 0.0761. The summed E-state index contributed by atoms with van der Waals surface area (Å²) >= 11 is 23.5. The molecule has 0 radical (unpaired) electrons. The molecule has 12 rings (SSSR count). The van der Waals surface area contributed by atoms with Crippen molar-refractivity contribution in [1.29, 1.82) is 0 Å². The molecule has 0 fully saturated rings. The summed E-state index contributed by atoms with van der Waals surface area (Å²) in [7, 11) is 0. The van der Waals surface area contributed by atoms with Gasteiger partial charge < -0.3 is 45.2 Å². The fraction of sp³-hybridized carbons (Fsp3) is 0.276. The number of hydrogen-bond acceptors (Lipinski definition) is 16. The molecule has 6 N–H and O–H groups in total. The van der Waals surface area contributed by atoms with Gasteiger partial charge in [0, 0.05) is 82.6 Å². The average Bonchev–Trinajstić information content (AvgIpc) is 4.32. The fourth-order valence-corrected chi connectivity index (χ4v) is 13.8. The number of phenols is 1. The third-order valence-corrected chi connectivity index (χ3v) is 16.8. The van der Waals surface area contributed by atoms with E-state index in [1.54, 1.807) is 49.7 Å². The van der Waals surface area contributed by atoms with Gasteiger partial charge in [-0.1, -0.05) is 53.0 Å². The Morgan fingerprint density at radius 3 is 1.40 bits per heavy atom. The van der Waals surface area contributed by atoms with Gasteiger partial charge in [-0.05, 0) is 140 Å². The second-order valence-electron chi connectivity index (χ2n) is 18.1. The second-order valence-corrected chi connectivity index (χ2v) is 22.1. The summed E-state index contributed by atoms with van der Waals surface area (Å²) in [5.74, 6) is 0.217. The third kappa shape index (κ3) is 15.2. The minimum Gasteiger partial charge on any atom is -0.870 e. The molecule has 6 aromatic heterocycles. The molecule has 6 heterocycles. The maximum absolute atomic E-state index is 11.8. The molecule has 3 aliphatic rings. The van der Waals surface area contributed by atoms with Crippen LogP contribution in [0.1, 0.15) is 102 Å². The number of halogens is 3. The van der Waals surface area contributed by atoms with Crippen molar-refractivity contribution in [3.63, 3.8) is 0 Å². The third-order valence-electron chi connectivity index (χ3n) is 13.0. The molecule has 0 unspecified atom stereocenters. The first-order valence-corrected chi connectivity index (χ1v) is 28.7. The van der Waals surface area contributed by atoms with Crippen LogP contribution < -0.4 is 28.3 Å². The summed E-state index contributed by atoms with van der Waals surface area (Å²) in [6.07, 6.45) is 11.0. The molecule has 0 saturated carbocycles. The molecule has 3 atom stereocenters. The van der Waals surface area contributed by atoms with E-state index in [0.29, 0.717) is 34.0 Å². The number of aryl methyl sites for hydroxylation is 3. The number of pyridine rings is 3. The molecule has 0 aliphatic heterocycles. The molecule has 3 aliphatic carbocycles. The van der Waals surface area contributed by atoms with E-state index in [9.17, 15) is 24.6 Å². The number of carbonyl (C=O) groups excluding carboxylic acids is 2. The second kappa shape index (κ2) is 29.2. The molecule has 0 spiro atoms. The summed E-state index contributed by atoms with van der Waals surface area (Å²) in [6.45, 7) is 4.32. The number of fused-ring (bicyclic) bond motifs is 6. The number of carboxylic acids is 1. The number of phenolic OH excluding ortho intramolecular Hbond substituents is 1. The van der Waals surface area contributed by atoms with Crippen molar-refractivity contribution in [2.75, 3.05) is 13.2 Å². The van der Waals surface area contributed by atoms with Crippen LogP contribution in [-0.2, 0) is 62.4 Å². The van der Waals surface area contributed by atoms with Gasteiger partial charge in [-0.2, -0.15) is 0 Å². The molecule has 0 saturated heterocycles. The molecule has 3 aromatic carbocycles. The summed E-state index contributed by atoms with van der Waals surface area (Å²) in [4.78, 5) is 47.1. The van der Waals surface area contributed by atoms with Gasteiger partial charge in [0.2, 0.25) is 0 Å². The van der Waals surface area contributed by atoms with E-state index in [2.05, 4.69) is 27.1 Å². The van der Waals surface area contributed by atoms with Crippen LogP contribution in [0.3, 0.4) is 0 Å². The van der Waals surface area contributed by atoms with E-state index in [0.717, 1.165) is 125 Å². The Morgan fingerprint density at radius 1 is 0.588 bits per heavy atom. The number of carboxylic acid groups (broad SMARTS) is 1. The topological polar surface area (TPSA) is 249 Å². The van der Waals surface area contributed by atoms with Gasteiger partial charge >= 0.3 is 36.8 Å². The predicted octanol–water partition coefficient (Wildman–Crippen LogP) is 10.2. The van der Waals surface area contributed by atoms with Crippen LogP contribution in [0.4, 0.5) is 0 Å².